The van der Waals surface area contributed by atoms with Gasteiger partial charge in [0.05, 0.1) is 18.3 Å². The van der Waals surface area contributed by atoms with Gasteiger partial charge in [-0.1, -0.05) is 32.4 Å². The summed E-state index contributed by atoms with van der Waals surface area (Å²) in [7, 11) is 0. The second kappa shape index (κ2) is 8.87. The highest BCUT2D eigenvalue weighted by Gasteiger charge is 2.18. The van der Waals surface area contributed by atoms with Gasteiger partial charge in [-0.15, -0.1) is 0 Å². The molecular formula is C18H31N3O2. The third-order valence-electron chi connectivity index (χ3n) is 4.43. The highest BCUT2D eigenvalue weighted by atomic mass is 16.3. The van der Waals surface area contributed by atoms with Gasteiger partial charge in [-0.25, -0.2) is 0 Å². The van der Waals surface area contributed by atoms with E-state index in [2.05, 4.69) is 23.9 Å². The van der Waals surface area contributed by atoms with Crippen molar-refractivity contribution in [3.63, 3.8) is 0 Å². The number of aliphatic hydroxyl groups excluding tert-OH is 1. The molecule has 0 unspecified atom stereocenters. The maximum Gasteiger partial charge on any atom is 0.222 e. The Morgan fingerprint density at radius 3 is 2.61 bits per heavy atom. The van der Waals surface area contributed by atoms with Crippen LogP contribution < -0.4 is 5.32 Å². The van der Waals surface area contributed by atoms with Crippen LogP contribution in [0.3, 0.4) is 0 Å². The molecule has 0 spiro atoms. The first-order chi connectivity index (χ1) is 10.8. The van der Waals surface area contributed by atoms with Crippen LogP contribution in [-0.2, 0) is 17.8 Å². The zero-order valence-electron chi connectivity index (χ0n) is 15.1. The summed E-state index contributed by atoms with van der Waals surface area (Å²) in [5.41, 5.74) is 4.40. The quantitative estimate of drug-likeness (QED) is 0.687. The Bertz CT molecular complexity index is 549. The zero-order valence-corrected chi connectivity index (χ0v) is 15.1. The SMILES string of the molecule is C=C(C)Cc1c(C)nn(CCC(=O)N[C@@H](CO)[C@@H](C)CC)c1C. The molecule has 5 heteroatoms. The minimum Gasteiger partial charge on any atom is -0.394 e. The van der Waals surface area contributed by atoms with Gasteiger partial charge in [-0.05, 0) is 38.7 Å². The lowest BCUT2D eigenvalue weighted by atomic mass is 10.00. The summed E-state index contributed by atoms with van der Waals surface area (Å²) >= 11 is 0. The van der Waals surface area contributed by atoms with Crippen LogP contribution in [-0.4, -0.2) is 33.4 Å². The molecule has 0 bridgehead atoms. The van der Waals surface area contributed by atoms with Gasteiger partial charge in [0.1, 0.15) is 0 Å². The summed E-state index contributed by atoms with van der Waals surface area (Å²) in [5.74, 6) is 0.221. The molecule has 1 heterocycles. The van der Waals surface area contributed by atoms with Crippen molar-refractivity contribution >= 4 is 5.91 Å². The van der Waals surface area contributed by atoms with Crippen molar-refractivity contribution < 1.29 is 9.90 Å². The van der Waals surface area contributed by atoms with E-state index in [1.807, 2.05) is 32.4 Å². The number of carbonyl (C=O) groups excluding carboxylic acids is 1. The maximum atomic E-state index is 12.1. The number of nitrogens with one attached hydrogen (secondary N) is 1. The average molecular weight is 321 g/mol. The summed E-state index contributed by atoms with van der Waals surface area (Å²) in [4.78, 5) is 12.1. The fourth-order valence-corrected chi connectivity index (χ4v) is 2.65. The van der Waals surface area contributed by atoms with Gasteiger partial charge in [0, 0.05) is 18.7 Å². The van der Waals surface area contributed by atoms with Gasteiger partial charge in [-0.3, -0.25) is 9.48 Å². The molecule has 1 amide bonds. The molecule has 0 saturated carbocycles. The van der Waals surface area contributed by atoms with E-state index in [9.17, 15) is 9.90 Å². The number of hydrogen-bond acceptors (Lipinski definition) is 3. The standard InChI is InChI=1S/C18H31N3O2/c1-7-13(4)17(11-22)19-18(23)8-9-21-15(6)16(10-12(2)3)14(5)20-21/h13,17,22H,2,7-11H2,1,3-6H3,(H,19,23)/t13-,17-/m0/s1. The van der Waals surface area contributed by atoms with E-state index in [4.69, 9.17) is 0 Å². The first-order valence-corrected chi connectivity index (χ1v) is 8.37. The molecule has 2 N–H and O–H groups in total. The molecule has 1 rings (SSSR count). The third-order valence-corrected chi connectivity index (χ3v) is 4.43. The summed E-state index contributed by atoms with van der Waals surface area (Å²) in [5, 5.41) is 16.8. The summed E-state index contributed by atoms with van der Waals surface area (Å²) in [6, 6.07) is -0.174. The van der Waals surface area contributed by atoms with E-state index in [0.717, 1.165) is 29.8 Å². The topological polar surface area (TPSA) is 67.2 Å². The monoisotopic (exact) mass is 321 g/mol. The largest absolute Gasteiger partial charge is 0.394 e. The van der Waals surface area contributed by atoms with E-state index >= 15 is 0 Å². The minimum atomic E-state index is -0.174. The Morgan fingerprint density at radius 2 is 2.09 bits per heavy atom. The smallest absolute Gasteiger partial charge is 0.222 e. The summed E-state index contributed by atoms with van der Waals surface area (Å²) in [6.07, 6.45) is 2.11. The van der Waals surface area contributed by atoms with Gasteiger partial charge >= 0.3 is 0 Å². The van der Waals surface area contributed by atoms with Gasteiger partial charge in [0.25, 0.3) is 0 Å². The van der Waals surface area contributed by atoms with E-state index in [1.54, 1.807) is 0 Å². The van der Waals surface area contributed by atoms with Crippen molar-refractivity contribution in [1.82, 2.24) is 15.1 Å². The van der Waals surface area contributed by atoms with Crippen LogP contribution in [0.25, 0.3) is 0 Å². The second-order valence-electron chi connectivity index (χ2n) is 6.50. The highest BCUT2D eigenvalue weighted by molar-refractivity contribution is 5.76. The van der Waals surface area contributed by atoms with Crippen LogP contribution in [0.1, 0.15) is 50.6 Å². The van der Waals surface area contributed by atoms with Crippen LogP contribution in [0.4, 0.5) is 0 Å². The van der Waals surface area contributed by atoms with E-state index in [0.29, 0.717) is 13.0 Å². The van der Waals surface area contributed by atoms with Crippen LogP contribution in [0.15, 0.2) is 12.2 Å². The number of allylic oxidation sites excluding steroid dienone is 1. The normalized spacial score (nSPS) is 13.7. The number of nitrogens with zero attached hydrogens (tertiary/aromatic N) is 2. The highest BCUT2D eigenvalue weighted by Crippen LogP contribution is 2.17. The van der Waals surface area contributed by atoms with Crippen LogP contribution in [0.5, 0.6) is 0 Å². The lowest BCUT2D eigenvalue weighted by Crippen LogP contribution is -2.42. The molecule has 130 valence electrons. The number of aliphatic hydroxyl groups is 1. The molecule has 1 aromatic heterocycles. The molecule has 0 aliphatic carbocycles. The van der Waals surface area contributed by atoms with Gasteiger partial charge < -0.3 is 10.4 Å². The Labute approximate surface area is 139 Å². The number of amides is 1. The number of rotatable bonds is 9. The number of aryl methyl sites for hydroxylation is 2. The van der Waals surface area contributed by atoms with Crippen LogP contribution in [0.2, 0.25) is 0 Å². The first kappa shape index (κ1) is 19.4. The average Bonchev–Trinajstić information content (AvgIpc) is 2.77. The number of aromatic nitrogens is 2. The predicted octanol–water partition coefficient (Wildman–Crippen LogP) is 2.53. The molecule has 1 aromatic rings. The van der Waals surface area contributed by atoms with Crippen molar-refractivity contribution in [2.75, 3.05) is 6.61 Å². The van der Waals surface area contributed by atoms with E-state index in [1.165, 1.54) is 5.56 Å². The van der Waals surface area contributed by atoms with Crippen molar-refractivity contribution in [2.45, 2.75) is 66.5 Å². The molecule has 2 atom stereocenters. The molecule has 23 heavy (non-hydrogen) atoms. The Kier molecular flexibility index (Phi) is 7.49. The second-order valence-corrected chi connectivity index (χ2v) is 6.50. The molecule has 0 saturated heterocycles. The maximum absolute atomic E-state index is 12.1. The Morgan fingerprint density at radius 1 is 1.43 bits per heavy atom. The Balaban J connectivity index is 2.64. The zero-order chi connectivity index (χ0) is 17.6. The van der Waals surface area contributed by atoms with Crippen molar-refractivity contribution in [3.05, 3.63) is 29.1 Å². The predicted molar refractivity (Wildman–Crippen MR) is 93.3 cm³/mol. The van der Waals surface area contributed by atoms with E-state index < -0.39 is 0 Å². The van der Waals surface area contributed by atoms with Crippen molar-refractivity contribution in [3.8, 4) is 0 Å². The molecule has 0 aliphatic heterocycles. The van der Waals surface area contributed by atoms with Crippen molar-refractivity contribution in [1.29, 1.82) is 0 Å². The molecule has 0 aromatic carbocycles. The molecule has 0 aliphatic rings. The molecular weight excluding hydrogens is 290 g/mol. The van der Waals surface area contributed by atoms with Gasteiger partial charge in [-0.2, -0.15) is 5.10 Å². The Hall–Kier alpha value is -1.62. The lowest BCUT2D eigenvalue weighted by molar-refractivity contribution is -0.122. The molecule has 0 radical (unpaired) electrons. The van der Waals surface area contributed by atoms with Gasteiger partial charge in [0.15, 0.2) is 0 Å². The van der Waals surface area contributed by atoms with Crippen LogP contribution in [0, 0.1) is 19.8 Å². The van der Waals surface area contributed by atoms with Crippen molar-refractivity contribution in [2.24, 2.45) is 5.92 Å². The fourth-order valence-electron chi connectivity index (χ4n) is 2.65. The number of hydrogen-bond donors (Lipinski definition) is 2. The van der Waals surface area contributed by atoms with Crippen LogP contribution >= 0.6 is 0 Å². The van der Waals surface area contributed by atoms with Gasteiger partial charge in [0.2, 0.25) is 5.91 Å². The fraction of sp³-hybridized carbons (Fsp3) is 0.667. The summed E-state index contributed by atoms with van der Waals surface area (Å²) in [6.45, 7) is 14.6. The number of carbonyl (C=O) groups is 1. The first-order valence-electron chi connectivity index (χ1n) is 8.37. The molecule has 5 nitrogen and oxygen atoms in total. The van der Waals surface area contributed by atoms with E-state index in [-0.39, 0.29) is 24.5 Å². The molecule has 0 fully saturated rings. The third kappa shape index (κ3) is 5.50. The minimum absolute atomic E-state index is 0.0244. The summed E-state index contributed by atoms with van der Waals surface area (Å²) < 4.78 is 1.89. The lowest BCUT2D eigenvalue weighted by Gasteiger charge is -2.22.